The molecule has 4 rings (SSSR count). The first kappa shape index (κ1) is 28.6. The van der Waals surface area contributed by atoms with Gasteiger partial charge in [0.1, 0.15) is 24.7 Å². The number of ether oxygens (including phenoxy) is 1. The van der Waals surface area contributed by atoms with Gasteiger partial charge in [-0.05, 0) is 42.7 Å². The van der Waals surface area contributed by atoms with Crippen molar-refractivity contribution in [1.29, 1.82) is 0 Å². The van der Waals surface area contributed by atoms with E-state index < -0.39 is 42.0 Å². The Morgan fingerprint density at radius 2 is 1.62 bits per heavy atom. The maximum Gasteiger partial charge on any atom is 0.410 e. The number of rotatable bonds is 11. The van der Waals surface area contributed by atoms with Crippen molar-refractivity contribution in [3.05, 3.63) is 96.1 Å². The number of allylic oxidation sites excluding steroid dienone is 4. The average molecular weight is 546 g/mol. The number of carboxylic acid groups (broad SMARTS) is 1. The third-order valence-corrected chi connectivity index (χ3v) is 7.13. The summed E-state index contributed by atoms with van der Waals surface area (Å²) in [5, 5.41) is 15.2. The number of carbonyl (C=O) groups excluding carboxylic acids is 3. The molecule has 210 valence electrons. The molecule has 9 heteroatoms. The highest BCUT2D eigenvalue weighted by molar-refractivity contribution is 5.93. The summed E-state index contributed by atoms with van der Waals surface area (Å²) in [6, 6.07) is 15.5. The molecule has 1 unspecified atom stereocenters. The van der Waals surface area contributed by atoms with Gasteiger partial charge in [0.25, 0.3) is 0 Å². The molecule has 1 heterocycles. The van der Waals surface area contributed by atoms with Gasteiger partial charge < -0.3 is 20.5 Å². The van der Waals surface area contributed by atoms with E-state index in [-0.39, 0.29) is 25.4 Å². The molecule has 1 aliphatic carbocycles. The minimum atomic E-state index is -1.13. The largest absolute Gasteiger partial charge is 0.480 e. The molecular formula is C31H35N3O6. The normalized spacial score (nSPS) is 19.4. The summed E-state index contributed by atoms with van der Waals surface area (Å²) in [5.41, 5.74) is 1.64. The van der Waals surface area contributed by atoms with E-state index in [1.54, 1.807) is 0 Å². The van der Waals surface area contributed by atoms with Crippen LogP contribution in [-0.4, -0.2) is 58.6 Å². The van der Waals surface area contributed by atoms with Gasteiger partial charge in [-0.2, -0.15) is 0 Å². The molecule has 9 nitrogen and oxygen atoms in total. The molecule has 40 heavy (non-hydrogen) atoms. The number of amides is 3. The van der Waals surface area contributed by atoms with Crippen molar-refractivity contribution in [3.8, 4) is 0 Å². The molecule has 1 fully saturated rings. The quantitative estimate of drug-likeness (QED) is 0.396. The first-order valence-electron chi connectivity index (χ1n) is 13.6. The second kappa shape index (κ2) is 14.1. The highest BCUT2D eigenvalue weighted by Crippen LogP contribution is 2.21. The smallest absolute Gasteiger partial charge is 0.410 e. The van der Waals surface area contributed by atoms with E-state index in [1.807, 2.05) is 85.0 Å². The summed E-state index contributed by atoms with van der Waals surface area (Å²) in [6.07, 6.45) is 9.22. The molecule has 3 N–H and O–H groups in total. The number of carbonyl (C=O) groups is 4. The lowest BCUT2D eigenvalue weighted by Crippen LogP contribution is -2.56. The monoisotopic (exact) mass is 545 g/mol. The average Bonchev–Trinajstić information content (AvgIpc) is 3.47. The van der Waals surface area contributed by atoms with Gasteiger partial charge >= 0.3 is 12.1 Å². The maximum atomic E-state index is 13.4. The maximum absolute atomic E-state index is 13.4. The molecule has 2 aromatic carbocycles. The number of carboxylic acids is 1. The zero-order valence-corrected chi connectivity index (χ0v) is 22.3. The van der Waals surface area contributed by atoms with Gasteiger partial charge in [0.05, 0.1) is 0 Å². The molecule has 0 bridgehead atoms. The van der Waals surface area contributed by atoms with Crippen LogP contribution in [0.4, 0.5) is 4.79 Å². The van der Waals surface area contributed by atoms with Crippen molar-refractivity contribution in [2.24, 2.45) is 5.92 Å². The number of nitrogens with zero attached hydrogens (tertiary/aromatic N) is 1. The Kier molecular flexibility index (Phi) is 10.1. The molecule has 4 atom stereocenters. The van der Waals surface area contributed by atoms with E-state index >= 15 is 0 Å². The third kappa shape index (κ3) is 8.05. The fraction of sp³-hybridized carbons (Fsp3) is 0.355. The number of benzene rings is 2. The molecule has 0 aromatic heterocycles. The lowest BCUT2D eigenvalue weighted by molar-refractivity contribution is -0.142. The van der Waals surface area contributed by atoms with Crippen molar-refractivity contribution in [1.82, 2.24) is 15.5 Å². The zero-order chi connectivity index (χ0) is 28.3. The number of aliphatic carboxylic acids is 1. The lowest BCUT2D eigenvalue weighted by Gasteiger charge is -2.27. The molecule has 0 saturated carbocycles. The molecule has 0 spiro atoms. The summed E-state index contributed by atoms with van der Waals surface area (Å²) in [4.78, 5) is 53.0. The van der Waals surface area contributed by atoms with Crippen LogP contribution in [0.3, 0.4) is 0 Å². The summed E-state index contributed by atoms with van der Waals surface area (Å²) in [5.74, 6) is -2.21. The van der Waals surface area contributed by atoms with Gasteiger partial charge in [0, 0.05) is 13.0 Å². The minimum Gasteiger partial charge on any atom is -0.480 e. The van der Waals surface area contributed by atoms with Crippen molar-refractivity contribution >= 4 is 23.9 Å². The van der Waals surface area contributed by atoms with Gasteiger partial charge in [0.15, 0.2) is 0 Å². The van der Waals surface area contributed by atoms with Gasteiger partial charge in [-0.25, -0.2) is 9.59 Å². The van der Waals surface area contributed by atoms with E-state index in [4.69, 9.17) is 4.74 Å². The molecule has 2 aliphatic rings. The Hall–Kier alpha value is -4.40. The standard InChI is InChI=1S/C31H35N3O6/c35-28(33-26(30(37)38)20-23-13-6-2-7-14-23)25(19-22-11-4-1-5-12-22)32-29(36)27-17-10-18-34(27)31(39)40-21-24-15-8-3-9-16-24/h1-9,11-13,15-16,23,25-27H,10,14,17-21H2,(H,32,36)(H,33,35)(H,37,38)/t23?,25-,26-,27-/m0/s1. The Morgan fingerprint density at radius 1 is 0.925 bits per heavy atom. The van der Waals surface area contributed by atoms with Crippen LogP contribution >= 0.6 is 0 Å². The summed E-state index contributed by atoms with van der Waals surface area (Å²) in [7, 11) is 0. The molecular weight excluding hydrogens is 510 g/mol. The number of hydrogen-bond donors (Lipinski definition) is 3. The highest BCUT2D eigenvalue weighted by Gasteiger charge is 2.37. The molecule has 3 amide bonds. The zero-order valence-electron chi connectivity index (χ0n) is 22.3. The van der Waals surface area contributed by atoms with E-state index in [0.29, 0.717) is 25.8 Å². The van der Waals surface area contributed by atoms with Crippen LogP contribution in [0.5, 0.6) is 0 Å². The Balaban J connectivity index is 1.43. The van der Waals surface area contributed by atoms with Gasteiger partial charge in [-0.15, -0.1) is 0 Å². The fourth-order valence-electron chi connectivity index (χ4n) is 4.99. The first-order valence-corrected chi connectivity index (χ1v) is 13.6. The van der Waals surface area contributed by atoms with E-state index in [2.05, 4.69) is 10.6 Å². The van der Waals surface area contributed by atoms with Crippen LogP contribution in [-0.2, 0) is 32.1 Å². The highest BCUT2D eigenvalue weighted by atomic mass is 16.6. The number of nitrogens with one attached hydrogen (secondary N) is 2. The SMILES string of the molecule is O=C(O)[C@H](CC1C=CC=CC1)NC(=O)[C@H](Cc1ccccc1)NC(=O)[C@@H]1CCCN1C(=O)OCc1ccccc1. The van der Waals surface area contributed by atoms with Crippen molar-refractivity contribution in [2.45, 2.75) is 56.8 Å². The second-order valence-corrected chi connectivity index (χ2v) is 10.1. The van der Waals surface area contributed by atoms with Crippen LogP contribution in [0.2, 0.25) is 0 Å². The summed E-state index contributed by atoms with van der Waals surface area (Å²) >= 11 is 0. The van der Waals surface area contributed by atoms with Crippen LogP contribution in [0.15, 0.2) is 85.0 Å². The fourth-order valence-corrected chi connectivity index (χ4v) is 4.99. The lowest BCUT2D eigenvalue weighted by atomic mass is 9.93. The Labute approximate surface area is 233 Å². The molecule has 0 radical (unpaired) electrons. The van der Waals surface area contributed by atoms with Crippen molar-refractivity contribution in [2.75, 3.05) is 6.54 Å². The third-order valence-electron chi connectivity index (χ3n) is 7.13. The summed E-state index contributed by atoms with van der Waals surface area (Å²) < 4.78 is 5.44. The topological polar surface area (TPSA) is 125 Å². The Bertz CT molecular complexity index is 1230. The number of hydrogen-bond acceptors (Lipinski definition) is 5. The minimum absolute atomic E-state index is 0.0116. The second-order valence-electron chi connectivity index (χ2n) is 10.1. The summed E-state index contributed by atoms with van der Waals surface area (Å²) in [6.45, 7) is 0.456. The van der Waals surface area contributed by atoms with Crippen LogP contribution in [0.25, 0.3) is 0 Å². The van der Waals surface area contributed by atoms with E-state index in [9.17, 15) is 24.3 Å². The van der Waals surface area contributed by atoms with E-state index in [0.717, 1.165) is 11.1 Å². The predicted molar refractivity (Wildman–Crippen MR) is 149 cm³/mol. The molecule has 2 aromatic rings. The van der Waals surface area contributed by atoms with Crippen molar-refractivity contribution < 1.29 is 29.0 Å². The van der Waals surface area contributed by atoms with Gasteiger partial charge in [-0.1, -0.05) is 85.0 Å². The van der Waals surface area contributed by atoms with Crippen LogP contribution in [0.1, 0.15) is 36.8 Å². The van der Waals surface area contributed by atoms with Crippen molar-refractivity contribution in [3.63, 3.8) is 0 Å². The van der Waals surface area contributed by atoms with Crippen LogP contribution in [0, 0.1) is 5.92 Å². The molecule has 1 saturated heterocycles. The van der Waals surface area contributed by atoms with Gasteiger partial charge in [-0.3, -0.25) is 14.5 Å². The Morgan fingerprint density at radius 3 is 2.27 bits per heavy atom. The van der Waals surface area contributed by atoms with Crippen LogP contribution < -0.4 is 10.6 Å². The van der Waals surface area contributed by atoms with Gasteiger partial charge in [0.2, 0.25) is 11.8 Å². The predicted octanol–water partition coefficient (Wildman–Crippen LogP) is 3.61. The number of likely N-dealkylation sites (tertiary alicyclic amines) is 1. The molecule has 1 aliphatic heterocycles. The first-order chi connectivity index (χ1) is 19.4. The van der Waals surface area contributed by atoms with E-state index in [1.165, 1.54) is 4.90 Å².